The van der Waals surface area contributed by atoms with Gasteiger partial charge in [-0.2, -0.15) is 0 Å². The number of aliphatic hydroxyl groups excluding tert-OH is 1. The Morgan fingerprint density at radius 2 is 2.19 bits per heavy atom. The van der Waals surface area contributed by atoms with Gasteiger partial charge in [0.05, 0.1) is 17.9 Å². The van der Waals surface area contributed by atoms with Crippen molar-refractivity contribution in [3.8, 4) is 0 Å². The summed E-state index contributed by atoms with van der Waals surface area (Å²) < 4.78 is 13.1. The van der Waals surface area contributed by atoms with Crippen LogP contribution < -0.4 is 0 Å². The number of carbonyl (C=O) groups is 2. The molecule has 1 amide bonds. The van der Waals surface area contributed by atoms with Crippen LogP contribution in [0.3, 0.4) is 0 Å². The lowest BCUT2D eigenvalue weighted by molar-refractivity contribution is -0.147. The van der Waals surface area contributed by atoms with Crippen molar-refractivity contribution in [2.24, 2.45) is 5.41 Å². The van der Waals surface area contributed by atoms with Crippen LogP contribution in [0.25, 0.3) is 0 Å². The number of carboxylic acids is 1. The highest BCUT2D eigenvalue weighted by Gasteiger charge is 2.42. The standard InChI is InChI=1S/C15H18FNO4/c1-15(14(20)21)5-6-17(9-15)13(19)8-12(18)10-3-2-4-11(16)7-10/h2-4,7,12,18H,5-6,8-9H2,1H3,(H,20,21)/t12-,15+/m0/s1. The molecule has 0 aromatic heterocycles. The van der Waals surface area contributed by atoms with Gasteiger partial charge in [-0.25, -0.2) is 4.39 Å². The Hall–Kier alpha value is -1.95. The summed E-state index contributed by atoms with van der Waals surface area (Å²) in [6, 6.07) is 5.46. The third kappa shape index (κ3) is 3.39. The van der Waals surface area contributed by atoms with Gasteiger partial charge < -0.3 is 15.1 Å². The average Bonchev–Trinajstić information content (AvgIpc) is 2.83. The first-order valence-electron chi connectivity index (χ1n) is 6.76. The van der Waals surface area contributed by atoms with Crippen molar-refractivity contribution in [3.05, 3.63) is 35.6 Å². The second-order valence-corrected chi connectivity index (χ2v) is 5.71. The molecular weight excluding hydrogens is 277 g/mol. The van der Waals surface area contributed by atoms with Gasteiger partial charge in [-0.15, -0.1) is 0 Å². The smallest absolute Gasteiger partial charge is 0.311 e. The van der Waals surface area contributed by atoms with Crippen molar-refractivity contribution >= 4 is 11.9 Å². The van der Waals surface area contributed by atoms with Crippen molar-refractivity contribution in [2.75, 3.05) is 13.1 Å². The lowest BCUT2D eigenvalue weighted by atomic mass is 9.90. The number of hydrogen-bond acceptors (Lipinski definition) is 3. The van der Waals surface area contributed by atoms with E-state index >= 15 is 0 Å². The number of nitrogens with zero attached hydrogens (tertiary/aromatic N) is 1. The summed E-state index contributed by atoms with van der Waals surface area (Å²) in [6.45, 7) is 2.10. The predicted octanol–water partition coefficient (Wildman–Crippen LogP) is 1.57. The van der Waals surface area contributed by atoms with Crippen LogP contribution in [0.5, 0.6) is 0 Å². The van der Waals surface area contributed by atoms with Gasteiger partial charge in [0, 0.05) is 13.1 Å². The quantitative estimate of drug-likeness (QED) is 0.884. The van der Waals surface area contributed by atoms with Gasteiger partial charge in [-0.05, 0) is 31.0 Å². The number of amides is 1. The van der Waals surface area contributed by atoms with Crippen LogP contribution in [0.2, 0.25) is 0 Å². The van der Waals surface area contributed by atoms with Crippen LogP contribution in [0.1, 0.15) is 31.4 Å². The molecule has 21 heavy (non-hydrogen) atoms. The molecule has 6 heteroatoms. The molecule has 1 aliphatic heterocycles. The maximum absolute atomic E-state index is 13.1. The largest absolute Gasteiger partial charge is 0.481 e. The summed E-state index contributed by atoms with van der Waals surface area (Å²) in [7, 11) is 0. The Kier molecular flexibility index (Phi) is 4.27. The van der Waals surface area contributed by atoms with E-state index in [4.69, 9.17) is 5.11 Å². The summed E-state index contributed by atoms with van der Waals surface area (Å²) in [5.74, 6) is -1.72. The van der Waals surface area contributed by atoms with E-state index in [1.54, 1.807) is 13.0 Å². The third-order valence-corrected chi connectivity index (χ3v) is 3.94. The molecular formula is C15H18FNO4. The van der Waals surface area contributed by atoms with Gasteiger partial charge in [0.1, 0.15) is 5.82 Å². The first-order valence-corrected chi connectivity index (χ1v) is 6.76. The van der Waals surface area contributed by atoms with Crippen molar-refractivity contribution < 1.29 is 24.2 Å². The number of aliphatic carboxylic acids is 1. The topological polar surface area (TPSA) is 77.8 Å². The summed E-state index contributed by atoms with van der Waals surface area (Å²) in [5, 5.41) is 19.1. The highest BCUT2D eigenvalue weighted by atomic mass is 19.1. The maximum Gasteiger partial charge on any atom is 0.311 e. The minimum atomic E-state index is -1.09. The number of carboxylic acid groups (broad SMARTS) is 1. The van der Waals surface area contributed by atoms with E-state index in [2.05, 4.69) is 0 Å². The Bertz CT molecular complexity index is 562. The third-order valence-electron chi connectivity index (χ3n) is 3.94. The predicted molar refractivity (Wildman–Crippen MR) is 72.9 cm³/mol. The number of benzene rings is 1. The molecule has 0 aliphatic carbocycles. The summed E-state index contributed by atoms with van der Waals surface area (Å²) >= 11 is 0. The highest BCUT2D eigenvalue weighted by Crippen LogP contribution is 2.31. The number of halogens is 1. The van der Waals surface area contributed by atoms with Crippen LogP contribution in [-0.4, -0.2) is 40.1 Å². The molecule has 1 fully saturated rings. The first-order chi connectivity index (χ1) is 9.82. The minimum absolute atomic E-state index is 0.136. The highest BCUT2D eigenvalue weighted by molar-refractivity contribution is 5.80. The fraction of sp³-hybridized carbons (Fsp3) is 0.467. The van der Waals surface area contributed by atoms with Crippen LogP contribution in [0.15, 0.2) is 24.3 Å². The molecule has 1 aliphatic rings. The van der Waals surface area contributed by atoms with E-state index in [9.17, 15) is 19.1 Å². The van der Waals surface area contributed by atoms with Gasteiger partial charge in [0.15, 0.2) is 0 Å². The van der Waals surface area contributed by atoms with Gasteiger partial charge in [-0.1, -0.05) is 12.1 Å². The fourth-order valence-electron chi connectivity index (χ4n) is 2.47. The molecule has 5 nitrogen and oxygen atoms in total. The van der Waals surface area contributed by atoms with Crippen molar-refractivity contribution in [1.29, 1.82) is 0 Å². The second kappa shape index (κ2) is 5.81. The van der Waals surface area contributed by atoms with Crippen LogP contribution >= 0.6 is 0 Å². The zero-order valence-electron chi connectivity index (χ0n) is 11.8. The molecule has 0 spiro atoms. The van der Waals surface area contributed by atoms with E-state index in [0.717, 1.165) is 0 Å². The number of hydrogen-bond donors (Lipinski definition) is 2. The zero-order chi connectivity index (χ0) is 15.6. The van der Waals surface area contributed by atoms with E-state index in [-0.39, 0.29) is 18.9 Å². The van der Waals surface area contributed by atoms with Crippen molar-refractivity contribution in [1.82, 2.24) is 4.90 Å². The van der Waals surface area contributed by atoms with Crippen LogP contribution in [0, 0.1) is 11.2 Å². The average molecular weight is 295 g/mol. The second-order valence-electron chi connectivity index (χ2n) is 5.71. The molecule has 1 heterocycles. The molecule has 1 aromatic rings. The first kappa shape index (κ1) is 15.4. The van der Waals surface area contributed by atoms with E-state index in [1.165, 1.54) is 23.1 Å². The van der Waals surface area contributed by atoms with Gasteiger partial charge in [0.25, 0.3) is 0 Å². The fourth-order valence-corrected chi connectivity index (χ4v) is 2.47. The van der Waals surface area contributed by atoms with E-state index in [0.29, 0.717) is 18.5 Å². The van der Waals surface area contributed by atoms with Crippen molar-refractivity contribution in [3.63, 3.8) is 0 Å². The number of carbonyl (C=O) groups excluding carboxylic acids is 1. The van der Waals surface area contributed by atoms with Gasteiger partial charge in [-0.3, -0.25) is 9.59 Å². The van der Waals surface area contributed by atoms with Crippen LogP contribution in [0.4, 0.5) is 4.39 Å². The van der Waals surface area contributed by atoms with Gasteiger partial charge in [0.2, 0.25) is 5.91 Å². The summed E-state index contributed by atoms with van der Waals surface area (Å²) in [5.41, 5.74) is -0.594. The van der Waals surface area contributed by atoms with Gasteiger partial charge >= 0.3 is 5.97 Å². The Labute approximate surface area is 122 Å². The monoisotopic (exact) mass is 295 g/mol. The molecule has 0 saturated carbocycles. The lowest BCUT2D eigenvalue weighted by Crippen LogP contribution is -2.35. The molecule has 2 N–H and O–H groups in total. The van der Waals surface area contributed by atoms with Crippen LogP contribution in [-0.2, 0) is 9.59 Å². The molecule has 2 rings (SSSR count). The molecule has 0 radical (unpaired) electrons. The zero-order valence-corrected chi connectivity index (χ0v) is 11.8. The molecule has 0 unspecified atom stereocenters. The summed E-state index contributed by atoms with van der Waals surface area (Å²) in [6.07, 6.45) is -0.881. The number of aliphatic hydroxyl groups is 1. The van der Waals surface area contributed by atoms with E-state index in [1.807, 2.05) is 0 Å². The number of rotatable bonds is 4. The maximum atomic E-state index is 13.1. The summed E-state index contributed by atoms with van der Waals surface area (Å²) in [4.78, 5) is 24.7. The molecule has 1 aromatic carbocycles. The Morgan fingerprint density at radius 3 is 2.76 bits per heavy atom. The normalized spacial score (nSPS) is 23.1. The Morgan fingerprint density at radius 1 is 1.48 bits per heavy atom. The van der Waals surface area contributed by atoms with E-state index < -0.39 is 23.3 Å². The SMILES string of the molecule is C[C@@]1(C(=O)O)CCN(C(=O)C[C@H](O)c2cccc(F)c2)C1. The van der Waals surface area contributed by atoms with Crippen molar-refractivity contribution in [2.45, 2.75) is 25.9 Å². The molecule has 1 saturated heterocycles. The lowest BCUT2D eigenvalue weighted by Gasteiger charge is -2.21. The number of likely N-dealkylation sites (tertiary alicyclic amines) is 1. The molecule has 114 valence electrons. The minimum Gasteiger partial charge on any atom is -0.481 e. The Balaban J connectivity index is 1.98. The molecule has 0 bridgehead atoms. The molecule has 2 atom stereocenters.